The van der Waals surface area contributed by atoms with Crippen LogP contribution in [0.25, 0.3) is 0 Å². The predicted molar refractivity (Wildman–Crippen MR) is 69.3 cm³/mol. The summed E-state index contributed by atoms with van der Waals surface area (Å²) < 4.78 is 7.32. The maximum Gasteiger partial charge on any atom is 0.138 e. The molecule has 98 valence electrons. The van der Waals surface area contributed by atoms with Crippen LogP contribution in [0.15, 0.2) is 23.1 Å². The number of nitrogens with one attached hydrogen (secondary N) is 1. The first kappa shape index (κ1) is 12.8. The van der Waals surface area contributed by atoms with Crippen LogP contribution in [0.1, 0.15) is 37.0 Å². The van der Waals surface area contributed by atoms with Gasteiger partial charge in [-0.1, -0.05) is 6.92 Å². The largest absolute Gasteiger partial charge is 0.469 e. The van der Waals surface area contributed by atoms with Crippen LogP contribution in [-0.2, 0) is 13.0 Å². The van der Waals surface area contributed by atoms with Crippen molar-refractivity contribution in [2.24, 2.45) is 0 Å². The molecule has 0 saturated heterocycles. The van der Waals surface area contributed by atoms with E-state index in [1.807, 2.05) is 17.7 Å². The molecule has 0 fully saturated rings. The minimum atomic E-state index is 0.225. The van der Waals surface area contributed by atoms with Gasteiger partial charge in [-0.2, -0.15) is 5.10 Å². The molecule has 2 heterocycles. The second-order valence-corrected chi connectivity index (χ2v) is 4.24. The summed E-state index contributed by atoms with van der Waals surface area (Å²) in [7, 11) is 0. The van der Waals surface area contributed by atoms with Crippen molar-refractivity contribution in [1.82, 2.24) is 20.1 Å². The molecule has 0 aliphatic heterocycles. The SMILES string of the molecule is CCNC(Cc1ncnn1CC)c1ccoc1C. The van der Waals surface area contributed by atoms with Crippen molar-refractivity contribution in [1.29, 1.82) is 0 Å². The molecule has 0 aliphatic rings. The van der Waals surface area contributed by atoms with E-state index in [9.17, 15) is 0 Å². The van der Waals surface area contributed by atoms with Crippen molar-refractivity contribution >= 4 is 0 Å². The lowest BCUT2D eigenvalue weighted by Gasteiger charge is -2.17. The Morgan fingerprint density at radius 1 is 1.44 bits per heavy atom. The van der Waals surface area contributed by atoms with Gasteiger partial charge in [-0.05, 0) is 26.5 Å². The van der Waals surface area contributed by atoms with Crippen molar-refractivity contribution in [3.05, 3.63) is 35.8 Å². The third-order valence-corrected chi connectivity index (χ3v) is 3.11. The molecule has 0 saturated carbocycles. The molecule has 5 nitrogen and oxygen atoms in total. The van der Waals surface area contributed by atoms with E-state index in [0.717, 1.165) is 31.1 Å². The lowest BCUT2D eigenvalue weighted by Crippen LogP contribution is -2.24. The number of aromatic nitrogens is 3. The van der Waals surface area contributed by atoms with Crippen LogP contribution in [0, 0.1) is 6.92 Å². The van der Waals surface area contributed by atoms with E-state index >= 15 is 0 Å². The molecule has 5 heteroatoms. The van der Waals surface area contributed by atoms with E-state index < -0.39 is 0 Å². The summed E-state index contributed by atoms with van der Waals surface area (Å²) in [5, 5.41) is 7.68. The van der Waals surface area contributed by atoms with E-state index in [4.69, 9.17) is 4.42 Å². The molecule has 2 aromatic rings. The zero-order chi connectivity index (χ0) is 13.0. The number of likely N-dealkylation sites (N-methyl/N-ethyl adjacent to an activating group) is 1. The van der Waals surface area contributed by atoms with Crippen LogP contribution in [0.5, 0.6) is 0 Å². The zero-order valence-electron chi connectivity index (χ0n) is 11.2. The van der Waals surface area contributed by atoms with Gasteiger partial charge >= 0.3 is 0 Å². The summed E-state index contributed by atoms with van der Waals surface area (Å²) in [5.74, 6) is 1.97. The summed E-state index contributed by atoms with van der Waals surface area (Å²) >= 11 is 0. The van der Waals surface area contributed by atoms with Gasteiger partial charge in [-0.3, -0.25) is 4.68 Å². The van der Waals surface area contributed by atoms with Crippen LogP contribution in [0.3, 0.4) is 0 Å². The molecule has 18 heavy (non-hydrogen) atoms. The monoisotopic (exact) mass is 248 g/mol. The van der Waals surface area contributed by atoms with Gasteiger partial charge < -0.3 is 9.73 Å². The van der Waals surface area contributed by atoms with Crippen LogP contribution >= 0.6 is 0 Å². The molecular weight excluding hydrogens is 228 g/mol. The van der Waals surface area contributed by atoms with Gasteiger partial charge in [0.25, 0.3) is 0 Å². The van der Waals surface area contributed by atoms with Gasteiger partial charge in [-0.15, -0.1) is 0 Å². The first-order valence-corrected chi connectivity index (χ1v) is 6.40. The molecule has 0 bridgehead atoms. The summed E-state index contributed by atoms with van der Waals surface area (Å²) in [5.41, 5.74) is 1.20. The fraction of sp³-hybridized carbons (Fsp3) is 0.538. The number of aryl methyl sites for hydroxylation is 2. The van der Waals surface area contributed by atoms with E-state index in [1.165, 1.54) is 5.56 Å². The Morgan fingerprint density at radius 2 is 2.28 bits per heavy atom. The molecule has 0 amide bonds. The molecule has 1 atom stereocenters. The molecular formula is C13H20N4O. The van der Waals surface area contributed by atoms with Gasteiger partial charge in [0, 0.05) is 24.6 Å². The van der Waals surface area contributed by atoms with Crippen molar-refractivity contribution in [2.45, 2.75) is 39.8 Å². The minimum absolute atomic E-state index is 0.225. The molecule has 1 unspecified atom stereocenters. The Bertz CT molecular complexity index is 489. The Labute approximate surface area is 107 Å². The van der Waals surface area contributed by atoms with Gasteiger partial charge in [0.15, 0.2) is 0 Å². The molecule has 2 rings (SSSR count). The Morgan fingerprint density at radius 3 is 2.89 bits per heavy atom. The summed E-state index contributed by atoms with van der Waals surface area (Å²) in [4.78, 5) is 4.33. The standard InChI is InChI=1S/C13H20N4O/c1-4-14-12(11-6-7-18-10(11)3)8-13-15-9-16-17(13)5-2/h6-7,9,12,14H,4-5,8H2,1-3H3. The molecule has 2 aromatic heterocycles. The number of rotatable bonds is 6. The maximum atomic E-state index is 5.38. The van der Waals surface area contributed by atoms with Gasteiger partial charge in [0.05, 0.1) is 6.26 Å². The van der Waals surface area contributed by atoms with E-state index in [-0.39, 0.29) is 6.04 Å². The summed E-state index contributed by atoms with van der Waals surface area (Å²) in [6.07, 6.45) is 4.17. The summed E-state index contributed by atoms with van der Waals surface area (Å²) in [6.45, 7) is 7.93. The number of hydrogen-bond donors (Lipinski definition) is 1. The van der Waals surface area contributed by atoms with Gasteiger partial charge in [0.2, 0.25) is 0 Å². The molecule has 0 aliphatic carbocycles. The average molecular weight is 248 g/mol. The quantitative estimate of drug-likeness (QED) is 0.850. The van der Waals surface area contributed by atoms with Crippen molar-refractivity contribution in [3.63, 3.8) is 0 Å². The van der Waals surface area contributed by atoms with Gasteiger partial charge in [0.1, 0.15) is 17.9 Å². The average Bonchev–Trinajstić information content (AvgIpc) is 2.97. The van der Waals surface area contributed by atoms with Gasteiger partial charge in [-0.25, -0.2) is 4.98 Å². The zero-order valence-corrected chi connectivity index (χ0v) is 11.2. The third kappa shape index (κ3) is 2.61. The Kier molecular flexibility index (Phi) is 4.15. The second kappa shape index (κ2) is 5.82. The summed E-state index contributed by atoms with van der Waals surface area (Å²) in [6, 6.07) is 2.25. The van der Waals surface area contributed by atoms with Crippen LogP contribution in [0.2, 0.25) is 0 Å². The van der Waals surface area contributed by atoms with E-state index in [0.29, 0.717) is 0 Å². The first-order chi connectivity index (χ1) is 8.76. The number of furan rings is 1. The lowest BCUT2D eigenvalue weighted by molar-refractivity contribution is 0.485. The molecule has 0 radical (unpaired) electrons. The third-order valence-electron chi connectivity index (χ3n) is 3.11. The highest BCUT2D eigenvalue weighted by molar-refractivity contribution is 5.21. The second-order valence-electron chi connectivity index (χ2n) is 4.24. The molecule has 1 N–H and O–H groups in total. The highest BCUT2D eigenvalue weighted by Gasteiger charge is 2.18. The Balaban J connectivity index is 2.19. The first-order valence-electron chi connectivity index (χ1n) is 6.40. The molecule has 0 aromatic carbocycles. The maximum absolute atomic E-state index is 5.38. The van der Waals surface area contributed by atoms with E-state index in [2.05, 4.69) is 29.2 Å². The van der Waals surface area contributed by atoms with Crippen molar-refractivity contribution < 1.29 is 4.42 Å². The number of hydrogen-bond acceptors (Lipinski definition) is 4. The minimum Gasteiger partial charge on any atom is -0.469 e. The van der Waals surface area contributed by atoms with Crippen molar-refractivity contribution in [2.75, 3.05) is 6.54 Å². The molecule has 0 spiro atoms. The number of nitrogens with zero attached hydrogens (tertiary/aromatic N) is 3. The van der Waals surface area contributed by atoms with Crippen LogP contribution in [-0.4, -0.2) is 21.3 Å². The highest BCUT2D eigenvalue weighted by atomic mass is 16.3. The highest BCUT2D eigenvalue weighted by Crippen LogP contribution is 2.21. The van der Waals surface area contributed by atoms with Crippen LogP contribution in [0.4, 0.5) is 0 Å². The smallest absolute Gasteiger partial charge is 0.138 e. The topological polar surface area (TPSA) is 55.9 Å². The Hall–Kier alpha value is -1.62. The fourth-order valence-electron chi connectivity index (χ4n) is 2.19. The lowest BCUT2D eigenvalue weighted by atomic mass is 10.0. The fourth-order valence-corrected chi connectivity index (χ4v) is 2.19. The normalized spacial score (nSPS) is 12.8. The van der Waals surface area contributed by atoms with Crippen LogP contribution < -0.4 is 5.32 Å². The van der Waals surface area contributed by atoms with E-state index in [1.54, 1.807) is 12.6 Å². The predicted octanol–water partition coefficient (Wildman–Crippen LogP) is 2.09. The van der Waals surface area contributed by atoms with Crippen molar-refractivity contribution in [3.8, 4) is 0 Å².